The number of phenolic OH excluding ortho intramolecular Hbond substituents is 2. The molecule has 1 saturated heterocycles. The van der Waals surface area contributed by atoms with E-state index in [2.05, 4.69) is 0 Å². The Balaban J connectivity index is 1.45. The van der Waals surface area contributed by atoms with Crippen molar-refractivity contribution in [3.63, 3.8) is 0 Å². The monoisotopic (exact) mass is 791 g/mol. The molecule has 2 aromatic rings. The summed E-state index contributed by atoms with van der Waals surface area (Å²) >= 11 is 0. The van der Waals surface area contributed by atoms with Gasteiger partial charge in [-0.3, -0.25) is 14.4 Å². The van der Waals surface area contributed by atoms with Crippen LogP contribution in [0.2, 0.25) is 0 Å². The Morgan fingerprint density at radius 1 is 1.00 bits per heavy atom. The highest BCUT2D eigenvalue weighted by molar-refractivity contribution is 6.24. The predicted octanol–water partition coefficient (Wildman–Crippen LogP) is 3.42. The van der Waals surface area contributed by atoms with Crippen LogP contribution in [0, 0.1) is 11.8 Å². The molecule has 1 saturated carbocycles. The van der Waals surface area contributed by atoms with E-state index in [4.69, 9.17) is 29.4 Å². The Kier molecular flexibility index (Phi) is 10.9. The summed E-state index contributed by atoms with van der Waals surface area (Å²) in [5.74, 6) is -11.3. The number of aliphatic hydroxyl groups is 3. The van der Waals surface area contributed by atoms with E-state index >= 15 is 0 Å². The summed E-state index contributed by atoms with van der Waals surface area (Å²) in [6.45, 7) is 6.66. The second-order valence-electron chi connectivity index (χ2n) is 14.6. The molecular weight excluding hydrogens is 746 g/mol. The molecule has 0 radical (unpaired) electrons. The smallest absolute Gasteiger partial charge is 0.342 e. The van der Waals surface area contributed by atoms with Gasteiger partial charge in [0.25, 0.3) is 5.91 Å². The van der Waals surface area contributed by atoms with Crippen molar-refractivity contribution in [1.82, 2.24) is 0 Å². The van der Waals surface area contributed by atoms with E-state index in [9.17, 15) is 49.5 Å². The third kappa shape index (κ3) is 6.18. The van der Waals surface area contributed by atoms with Crippen LogP contribution in [0.15, 0.2) is 65.0 Å². The largest absolute Gasteiger partial charge is 0.508 e. The number of carbonyl (C=O) groups is 5. The summed E-state index contributed by atoms with van der Waals surface area (Å²) in [6, 6.07) is 8.36. The van der Waals surface area contributed by atoms with Gasteiger partial charge in [0.15, 0.2) is 17.8 Å². The van der Waals surface area contributed by atoms with Gasteiger partial charge >= 0.3 is 11.9 Å². The average Bonchev–Trinajstić information content (AvgIpc) is 3.17. The maximum atomic E-state index is 15.0. The van der Waals surface area contributed by atoms with Crippen molar-refractivity contribution in [3.05, 3.63) is 87.2 Å². The maximum Gasteiger partial charge on any atom is 0.342 e. The summed E-state index contributed by atoms with van der Waals surface area (Å²) in [7, 11) is 2.33. The molecule has 4 aliphatic rings. The first kappa shape index (κ1) is 41.1. The summed E-state index contributed by atoms with van der Waals surface area (Å²) in [6.07, 6.45) is -4.51. The van der Waals surface area contributed by atoms with E-state index < -0.39 is 117 Å². The lowest BCUT2D eigenvalue weighted by molar-refractivity contribution is -0.191. The summed E-state index contributed by atoms with van der Waals surface area (Å²) < 4.78 is 29.1. The molecule has 16 heteroatoms. The van der Waals surface area contributed by atoms with Crippen molar-refractivity contribution in [3.8, 4) is 11.5 Å². The molecular formula is C41H45NO15. The van der Waals surface area contributed by atoms with Crippen LogP contribution in [0.1, 0.15) is 80.1 Å². The fourth-order valence-corrected chi connectivity index (χ4v) is 8.82. The number of esters is 2. The minimum atomic E-state index is -2.63. The van der Waals surface area contributed by atoms with E-state index in [0.717, 1.165) is 7.11 Å². The summed E-state index contributed by atoms with van der Waals surface area (Å²) in [5, 5.41) is 57.1. The van der Waals surface area contributed by atoms with Crippen molar-refractivity contribution in [2.75, 3.05) is 14.2 Å². The number of allylic oxidation sites excluding steroid dienone is 1. The lowest BCUT2D eigenvalue weighted by Crippen LogP contribution is -2.66. The van der Waals surface area contributed by atoms with E-state index in [0.29, 0.717) is 12.0 Å². The molecule has 9 atom stereocenters. The number of rotatable bonds is 9. The number of primary amides is 1. The maximum absolute atomic E-state index is 15.0. The van der Waals surface area contributed by atoms with Crippen LogP contribution < -0.4 is 5.73 Å². The van der Waals surface area contributed by atoms with Crippen LogP contribution in [0.5, 0.6) is 11.5 Å². The third-order valence-corrected chi connectivity index (χ3v) is 11.9. The number of Topliss-reactive ketones (excluding diaryl/α,β-unsaturated/α-hetero) is 2. The van der Waals surface area contributed by atoms with E-state index in [1.165, 1.54) is 37.4 Å². The summed E-state index contributed by atoms with van der Waals surface area (Å²) in [4.78, 5) is 67.7. The molecule has 304 valence electrons. The van der Waals surface area contributed by atoms with Crippen molar-refractivity contribution >= 4 is 35.2 Å². The number of hydrogen-bond acceptors (Lipinski definition) is 15. The molecule has 9 unspecified atom stereocenters. The number of methoxy groups -OCH3 is 2. The van der Waals surface area contributed by atoms with Gasteiger partial charge in [-0.1, -0.05) is 37.3 Å². The number of aromatic hydroxyl groups is 2. The van der Waals surface area contributed by atoms with Gasteiger partial charge in [-0.05, 0) is 51.3 Å². The Morgan fingerprint density at radius 3 is 2.26 bits per heavy atom. The van der Waals surface area contributed by atoms with Crippen LogP contribution in [-0.4, -0.2) is 99.2 Å². The fraction of sp³-hybridized carbons (Fsp3) is 0.439. The van der Waals surface area contributed by atoms with Crippen molar-refractivity contribution in [1.29, 1.82) is 0 Å². The number of carbonyl (C=O) groups excluding carboxylic acids is 5. The minimum Gasteiger partial charge on any atom is -0.508 e. The average molecular weight is 792 g/mol. The molecule has 0 spiro atoms. The van der Waals surface area contributed by atoms with Crippen LogP contribution in [0.25, 0.3) is 5.76 Å². The van der Waals surface area contributed by atoms with Crippen molar-refractivity contribution in [2.24, 2.45) is 17.6 Å². The zero-order chi connectivity index (χ0) is 41.9. The quantitative estimate of drug-likeness (QED) is 0.121. The molecule has 6 rings (SSSR count). The first-order valence-corrected chi connectivity index (χ1v) is 18.4. The van der Waals surface area contributed by atoms with Crippen LogP contribution in [-0.2, 0) is 48.5 Å². The zero-order valence-corrected chi connectivity index (χ0v) is 32.1. The zero-order valence-electron chi connectivity index (χ0n) is 32.1. The van der Waals surface area contributed by atoms with Gasteiger partial charge in [-0.2, -0.15) is 0 Å². The molecule has 1 heterocycles. The lowest BCUT2D eigenvalue weighted by Gasteiger charge is -2.53. The van der Waals surface area contributed by atoms with Gasteiger partial charge in [0.05, 0.1) is 29.5 Å². The molecule has 1 amide bonds. The number of ketones is 2. The van der Waals surface area contributed by atoms with Gasteiger partial charge in [0, 0.05) is 49.2 Å². The SMILES string of the molecule is CC=C(CC)C(=O)OC1C(O)CC(c2ccc3c(c2O)C(O)=C2C(=O)C4(OC)C(O)=C(C(N)=O)C(=O)C(OC(=O)c5ccccc5O)C4CC2C3(C)OC)OC1C. The topological polar surface area (TPSA) is 259 Å². The molecule has 0 bridgehead atoms. The van der Waals surface area contributed by atoms with Crippen molar-refractivity contribution in [2.45, 2.75) is 88.7 Å². The molecule has 16 nitrogen and oxygen atoms in total. The van der Waals surface area contributed by atoms with Gasteiger partial charge in [0.1, 0.15) is 34.2 Å². The van der Waals surface area contributed by atoms with E-state index in [1.807, 2.05) is 0 Å². The van der Waals surface area contributed by atoms with Gasteiger partial charge in [-0.15, -0.1) is 0 Å². The van der Waals surface area contributed by atoms with E-state index in [-0.39, 0.29) is 35.1 Å². The highest BCUT2D eigenvalue weighted by Crippen LogP contribution is 2.60. The van der Waals surface area contributed by atoms with Gasteiger partial charge in [-0.25, -0.2) is 9.59 Å². The second-order valence-corrected chi connectivity index (χ2v) is 14.6. The number of phenols is 2. The minimum absolute atomic E-state index is 0.108. The number of nitrogens with two attached hydrogens (primary N) is 1. The number of fused-ring (bicyclic) bond motifs is 3. The van der Waals surface area contributed by atoms with Gasteiger partial charge < -0.3 is 55.0 Å². The predicted molar refractivity (Wildman–Crippen MR) is 197 cm³/mol. The standard InChI is InChI=1S/C41H45NO15/c1-7-18(8-2)38(51)56-33-17(3)55-26(16-25(33)44)20-13-14-21-27(30(20)45)31(46)28-22(40(21,4)53-5)15-23-34(57-39(52)19-11-9-10-12-24(19)43)32(47)29(37(42)50)36(49)41(23,54-6)35(28)48/h7,9-14,17,22-23,25-26,33-34,43-46,49H,8,15-16H2,1-6H3,(H2,42,50). The molecule has 57 heavy (non-hydrogen) atoms. The first-order chi connectivity index (χ1) is 26.9. The van der Waals surface area contributed by atoms with Gasteiger partial charge in [0.2, 0.25) is 11.6 Å². The molecule has 2 fully saturated rings. The molecule has 0 aromatic heterocycles. The molecule has 3 aliphatic carbocycles. The molecule has 1 aliphatic heterocycles. The Bertz CT molecular complexity index is 2140. The number of benzene rings is 2. The van der Waals surface area contributed by atoms with Crippen LogP contribution >= 0.6 is 0 Å². The third-order valence-electron chi connectivity index (χ3n) is 11.9. The van der Waals surface area contributed by atoms with Crippen LogP contribution in [0.4, 0.5) is 0 Å². The Hall–Kier alpha value is -5.55. The Labute approximate surface area is 327 Å². The normalized spacial score (nSPS) is 31.3. The van der Waals surface area contributed by atoms with E-state index in [1.54, 1.807) is 39.8 Å². The first-order valence-electron chi connectivity index (χ1n) is 18.4. The molecule has 2 aromatic carbocycles. The second kappa shape index (κ2) is 15.1. The van der Waals surface area contributed by atoms with Crippen molar-refractivity contribution < 1.29 is 73.2 Å². The number of ether oxygens (including phenoxy) is 5. The van der Waals surface area contributed by atoms with Crippen LogP contribution in [0.3, 0.4) is 0 Å². The number of para-hydroxylation sites is 1. The number of amides is 1. The number of aliphatic hydroxyl groups excluding tert-OH is 3. The Morgan fingerprint density at radius 2 is 1.68 bits per heavy atom. The highest BCUT2D eigenvalue weighted by atomic mass is 16.6. The summed E-state index contributed by atoms with van der Waals surface area (Å²) in [5.41, 5.74) is -0.00270. The lowest BCUT2D eigenvalue weighted by atomic mass is 9.55. The molecule has 7 N–H and O–H groups in total. The highest BCUT2D eigenvalue weighted by Gasteiger charge is 2.68. The number of hydrogen-bond donors (Lipinski definition) is 6. The fourth-order valence-electron chi connectivity index (χ4n) is 8.82.